The van der Waals surface area contributed by atoms with Gasteiger partial charge in [-0.25, -0.2) is 0 Å². The zero-order valence-corrected chi connectivity index (χ0v) is 18.5. The number of esters is 2. The fourth-order valence-electron chi connectivity index (χ4n) is 2.74. The topological polar surface area (TPSA) is 120 Å². The highest BCUT2D eigenvalue weighted by Crippen LogP contribution is 2.09. The van der Waals surface area contributed by atoms with Crippen LogP contribution in [0.5, 0.6) is 5.75 Å². The molecule has 0 aliphatic carbocycles. The van der Waals surface area contributed by atoms with Gasteiger partial charge < -0.3 is 24.8 Å². The molecule has 2 rings (SSSR count). The van der Waals surface area contributed by atoms with Gasteiger partial charge in [0, 0.05) is 12.8 Å². The van der Waals surface area contributed by atoms with Gasteiger partial charge in [-0.1, -0.05) is 48.5 Å². The first kappa shape index (κ1) is 25.4. The first-order valence-electron chi connectivity index (χ1n) is 10.5. The maximum Gasteiger partial charge on any atom is 0.325 e. The van der Waals surface area contributed by atoms with Crippen molar-refractivity contribution in [1.82, 2.24) is 10.6 Å². The van der Waals surface area contributed by atoms with Crippen molar-refractivity contribution >= 4 is 23.8 Å². The summed E-state index contributed by atoms with van der Waals surface area (Å²) >= 11 is 0. The highest BCUT2D eigenvalue weighted by atomic mass is 16.5. The normalized spacial score (nSPS) is 11.1. The summed E-state index contributed by atoms with van der Waals surface area (Å²) in [6.07, 6.45) is -0.0815. The van der Waals surface area contributed by atoms with E-state index in [0.29, 0.717) is 5.75 Å². The molecule has 2 amide bonds. The van der Waals surface area contributed by atoms with Gasteiger partial charge >= 0.3 is 11.9 Å². The second-order valence-corrected chi connectivity index (χ2v) is 7.01. The molecule has 0 saturated heterocycles. The minimum Gasteiger partial charge on any atom is -0.494 e. The molecule has 0 aliphatic rings. The largest absolute Gasteiger partial charge is 0.494 e. The number of hydrogen-bond donors (Lipinski definition) is 2. The van der Waals surface area contributed by atoms with E-state index in [-0.39, 0.29) is 39.0 Å². The predicted octanol–water partition coefficient (Wildman–Crippen LogP) is 1.75. The molecule has 0 fully saturated rings. The standard InChI is InChI=1S/C24H28N2O7/c1-31-22(28)13-12-21(27)26-20(14-15-32-19-10-6-3-7-11-19)24(30)25-16-23(29)33-17-18-8-4-2-5-9-18/h2-11,20H,12-17H2,1H3,(H,25,30)(H,26,27)/t20-/m0/s1. The average Bonchev–Trinajstić information content (AvgIpc) is 2.85. The molecular weight excluding hydrogens is 428 g/mol. The van der Waals surface area contributed by atoms with Crippen LogP contribution in [0.15, 0.2) is 60.7 Å². The number of benzene rings is 2. The molecule has 9 heteroatoms. The van der Waals surface area contributed by atoms with Gasteiger partial charge in [0.25, 0.3) is 0 Å². The molecule has 0 bridgehead atoms. The van der Waals surface area contributed by atoms with E-state index in [1.54, 1.807) is 12.1 Å². The molecule has 2 aromatic carbocycles. The number of nitrogens with one attached hydrogen (secondary N) is 2. The predicted molar refractivity (Wildman–Crippen MR) is 119 cm³/mol. The summed E-state index contributed by atoms with van der Waals surface area (Å²) in [6.45, 7) is -0.105. The number of methoxy groups -OCH3 is 1. The van der Waals surface area contributed by atoms with Gasteiger partial charge in [0.15, 0.2) is 0 Å². The third kappa shape index (κ3) is 10.3. The lowest BCUT2D eigenvalue weighted by atomic mass is 10.1. The van der Waals surface area contributed by atoms with Crippen LogP contribution in [0, 0.1) is 0 Å². The van der Waals surface area contributed by atoms with Crippen molar-refractivity contribution in [2.24, 2.45) is 0 Å². The third-order valence-corrected chi connectivity index (χ3v) is 4.50. The molecule has 9 nitrogen and oxygen atoms in total. The van der Waals surface area contributed by atoms with Crippen molar-refractivity contribution in [2.75, 3.05) is 20.3 Å². The van der Waals surface area contributed by atoms with Gasteiger partial charge in [-0.15, -0.1) is 0 Å². The smallest absolute Gasteiger partial charge is 0.325 e. The van der Waals surface area contributed by atoms with E-state index in [2.05, 4.69) is 15.4 Å². The van der Waals surface area contributed by atoms with Crippen LogP contribution in [0.25, 0.3) is 0 Å². The molecule has 0 spiro atoms. The molecule has 1 atom stereocenters. The molecule has 0 aliphatic heterocycles. The lowest BCUT2D eigenvalue weighted by molar-refractivity contribution is -0.145. The van der Waals surface area contributed by atoms with Crippen LogP contribution in [0.1, 0.15) is 24.8 Å². The summed E-state index contributed by atoms with van der Waals surface area (Å²) in [5, 5.41) is 5.05. The Kier molecular flexibility index (Phi) is 10.9. The lowest BCUT2D eigenvalue weighted by Gasteiger charge is -2.18. The SMILES string of the molecule is COC(=O)CCC(=O)N[C@@H](CCOc1ccccc1)C(=O)NCC(=O)OCc1ccccc1. The van der Waals surface area contributed by atoms with Crippen LogP contribution in [0.4, 0.5) is 0 Å². The first-order chi connectivity index (χ1) is 16.0. The summed E-state index contributed by atoms with van der Waals surface area (Å²) < 4.78 is 15.3. The maximum absolute atomic E-state index is 12.6. The Hall–Kier alpha value is -3.88. The van der Waals surface area contributed by atoms with Crippen molar-refractivity contribution in [1.29, 1.82) is 0 Å². The second kappa shape index (κ2) is 14.2. The number of carbonyl (C=O) groups excluding carboxylic acids is 4. The quantitative estimate of drug-likeness (QED) is 0.441. The number of amides is 2. The summed E-state index contributed by atoms with van der Waals surface area (Å²) in [6, 6.07) is 17.2. The zero-order chi connectivity index (χ0) is 23.9. The van der Waals surface area contributed by atoms with Crippen LogP contribution in [-0.4, -0.2) is 50.1 Å². The summed E-state index contributed by atoms with van der Waals surface area (Å²) in [4.78, 5) is 48.0. The van der Waals surface area contributed by atoms with Crippen molar-refractivity contribution in [3.05, 3.63) is 66.2 Å². The van der Waals surface area contributed by atoms with E-state index in [1.807, 2.05) is 48.5 Å². The minimum atomic E-state index is -0.958. The van der Waals surface area contributed by atoms with E-state index < -0.39 is 29.8 Å². The number of rotatable bonds is 13. The number of para-hydroxylation sites is 1. The van der Waals surface area contributed by atoms with Crippen LogP contribution >= 0.6 is 0 Å². The van der Waals surface area contributed by atoms with Crippen LogP contribution in [-0.2, 0) is 35.3 Å². The fraction of sp³-hybridized carbons (Fsp3) is 0.333. The molecule has 2 N–H and O–H groups in total. The van der Waals surface area contributed by atoms with E-state index in [1.165, 1.54) is 7.11 Å². The van der Waals surface area contributed by atoms with Crippen LogP contribution < -0.4 is 15.4 Å². The van der Waals surface area contributed by atoms with Gasteiger partial charge in [0.05, 0.1) is 20.1 Å². The van der Waals surface area contributed by atoms with Gasteiger partial charge in [-0.3, -0.25) is 19.2 Å². The van der Waals surface area contributed by atoms with Gasteiger partial charge in [-0.2, -0.15) is 0 Å². The Balaban J connectivity index is 1.85. The number of ether oxygens (including phenoxy) is 3. The number of carbonyl (C=O) groups is 4. The molecule has 0 aromatic heterocycles. The fourth-order valence-corrected chi connectivity index (χ4v) is 2.74. The van der Waals surface area contributed by atoms with Crippen LogP contribution in [0.3, 0.4) is 0 Å². The monoisotopic (exact) mass is 456 g/mol. The zero-order valence-electron chi connectivity index (χ0n) is 18.5. The summed E-state index contributed by atoms with van der Waals surface area (Å²) in [5.74, 6) is -1.57. The van der Waals surface area contributed by atoms with Crippen LogP contribution in [0.2, 0.25) is 0 Å². The Labute approximate surface area is 192 Å². The highest BCUT2D eigenvalue weighted by Gasteiger charge is 2.22. The molecule has 176 valence electrons. The average molecular weight is 456 g/mol. The van der Waals surface area contributed by atoms with Gasteiger partial charge in [-0.05, 0) is 17.7 Å². The third-order valence-electron chi connectivity index (χ3n) is 4.50. The van der Waals surface area contributed by atoms with Crippen molar-refractivity contribution < 1.29 is 33.4 Å². The molecule has 0 unspecified atom stereocenters. The van der Waals surface area contributed by atoms with E-state index in [0.717, 1.165) is 5.56 Å². The Bertz CT molecular complexity index is 904. The highest BCUT2D eigenvalue weighted by molar-refractivity contribution is 5.90. The Morgan fingerprint density at radius 1 is 0.879 bits per heavy atom. The molecule has 0 radical (unpaired) electrons. The minimum absolute atomic E-state index is 0.0914. The Morgan fingerprint density at radius 2 is 1.55 bits per heavy atom. The summed E-state index contributed by atoms with van der Waals surface area (Å²) in [5.41, 5.74) is 0.825. The van der Waals surface area contributed by atoms with Crippen molar-refractivity contribution in [3.63, 3.8) is 0 Å². The van der Waals surface area contributed by atoms with Gasteiger partial charge in [0.1, 0.15) is 24.9 Å². The molecule has 0 heterocycles. The second-order valence-electron chi connectivity index (χ2n) is 7.01. The Morgan fingerprint density at radius 3 is 2.21 bits per heavy atom. The number of hydrogen-bond acceptors (Lipinski definition) is 7. The van der Waals surface area contributed by atoms with Crippen molar-refractivity contribution in [3.8, 4) is 5.75 Å². The molecule has 2 aromatic rings. The van der Waals surface area contributed by atoms with Gasteiger partial charge in [0.2, 0.25) is 11.8 Å². The molecule has 0 saturated carbocycles. The van der Waals surface area contributed by atoms with E-state index in [9.17, 15) is 19.2 Å². The lowest BCUT2D eigenvalue weighted by Crippen LogP contribution is -2.48. The van der Waals surface area contributed by atoms with Crippen molar-refractivity contribution in [2.45, 2.75) is 31.9 Å². The molecular formula is C24H28N2O7. The summed E-state index contributed by atoms with van der Waals surface area (Å²) in [7, 11) is 1.23. The van der Waals surface area contributed by atoms with E-state index >= 15 is 0 Å². The maximum atomic E-state index is 12.6. The van der Waals surface area contributed by atoms with E-state index in [4.69, 9.17) is 9.47 Å². The first-order valence-corrected chi connectivity index (χ1v) is 10.5. The molecule has 33 heavy (non-hydrogen) atoms.